The molecule has 5 heterocycles. The monoisotopic (exact) mass is 1500 g/mol. The number of carboxylic acid groups (broad SMARTS) is 2. The number of carbonyl (C=O) groups is 2. The molecule has 0 radical (unpaired) electrons. The molecule has 5 N–H and O–H groups in total. The van der Waals surface area contributed by atoms with Crippen LogP contribution < -0.4 is 69.3 Å². The van der Waals surface area contributed by atoms with E-state index in [2.05, 4.69) is 20.1 Å². The maximum Gasteiger partial charge on any atom is 1.00 e. The van der Waals surface area contributed by atoms with Crippen molar-refractivity contribution in [1.29, 1.82) is 0 Å². The SMILES string of the molecule is CO[C@@H]1OC(CO)[C@H](O[C@@H]2OC(C(=O)[O-])[C@H](O[C@@H]3OC(CO)[C@H](O[C@@H]4OC(C(=O)[O-])[C@H](O[C@@H]5OC(CO)[C@H](OCc6ccccc6)[C@H](OCc6ccccc6)C5N=[N+]=[N-])[C@H](OCc5ccccc5)C4OCc4ccccc4)C(O)[C@H]3N=[N+]=[N-])[C@@H](OCc3ccccc3)C2O)C(OCc2ccccc2)[C@H]1C.[Na+].[Na+]. The zero-order valence-corrected chi connectivity index (χ0v) is 63.2. The number of carboxylic acids is 2. The van der Waals surface area contributed by atoms with Crippen LogP contribution in [0.1, 0.15) is 40.3 Å². The van der Waals surface area contributed by atoms with Crippen LogP contribution in [0, 0.1) is 5.92 Å². The van der Waals surface area contributed by atoms with Crippen molar-refractivity contribution in [2.45, 2.75) is 194 Å². The molecule has 31 nitrogen and oxygen atoms in total. The van der Waals surface area contributed by atoms with Crippen molar-refractivity contribution < 1.29 is 180 Å². The topological polar surface area (TPSA) is 427 Å². The van der Waals surface area contributed by atoms with Gasteiger partial charge < -0.3 is 121 Å². The van der Waals surface area contributed by atoms with Crippen LogP contribution in [0.5, 0.6) is 0 Å². The predicted molar refractivity (Wildman–Crippen MR) is 358 cm³/mol. The summed E-state index contributed by atoms with van der Waals surface area (Å²) in [7, 11) is 1.41. The zero-order valence-electron chi connectivity index (χ0n) is 59.2. The molecule has 0 saturated carbocycles. The van der Waals surface area contributed by atoms with E-state index in [0.29, 0.717) is 22.3 Å². The number of aliphatic carboxylic acids is 2. The van der Waals surface area contributed by atoms with Gasteiger partial charge in [-0.1, -0.05) is 199 Å². The van der Waals surface area contributed by atoms with Gasteiger partial charge in [0.1, 0.15) is 104 Å². The molecule has 0 aliphatic carbocycles. The maximum absolute atomic E-state index is 14.0. The van der Waals surface area contributed by atoms with Gasteiger partial charge in [0, 0.05) is 22.9 Å². The third-order valence-corrected chi connectivity index (χ3v) is 18.7. The van der Waals surface area contributed by atoms with Crippen molar-refractivity contribution in [2.24, 2.45) is 16.1 Å². The van der Waals surface area contributed by atoms with Crippen molar-refractivity contribution in [2.75, 3.05) is 26.9 Å². The summed E-state index contributed by atoms with van der Waals surface area (Å²) in [5, 5.41) is 94.0. The average Bonchev–Trinajstić information content (AvgIpc) is 0.759. The van der Waals surface area contributed by atoms with Crippen molar-refractivity contribution in [3.63, 3.8) is 0 Å². The summed E-state index contributed by atoms with van der Waals surface area (Å²) >= 11 is 0. The molecule has 0 aromatic heterocycles. The first-order valence-corrected chi connectivity index (χ1v) is 34.3. The first-order chi connectivity index (χ1) is 51.2. The molecule has 25 atom stereocenters. The summed E-state index contributed by atoms with van der Waals surface area (Å²) in [5.41, 5.74) is 24.5. The third kappa shape index (κ3) is 21.8. The van der Waals surface area contributed by atoms with E-state index in [4.69, 9.17) is 75.8 Å². The van der Waals surface area contributed by atoms with Crippen molar-refractivity contribution in [3.05, 3.63) is 236 Å². The van der Waals surface area contributed by atoms with Gasteiger partial charge in [0.2, 0.25) is 0 Å². The molecule has 107 heavy (non-hydrogen) atoms. The molecule has 5 aliphatic heterocycles. The van der Waals surface area contributed by atoms with E-state index in [1.54, 1.807) is 122 Å². The van der Waals surface area contributed by atoms with Gasteiger partial charge >= 0.3 is 59.1 Å². The molecular formula is C74H84N6Na2O25. The fourth-order valence-corrected chi connectivity index (χ4v) is 13.4. The Balaban J connectivity index is 0.00000661. The first-order valence-electron chi connectivity index (χ1n) is 34.3. The summed E-state index contributed by atoms with van der Waals surface area (Å²) in [5.74, 6) is -4.48. The molecule has 562 valence electrons. The Bertz CT molecular complexity index is 3730. The minimum atomic E-state index is -2.28. The van der Waals surface area contributed by atoms with Crippen molar-refractivity contribution >= 4 is 11.9 Å². The van der Waals surface area contributed by atoms with Crippen LogP contribution in [0.2, 0.25) is 0 Å². The summed E-state index contributed by atoms with van der Waals surface area (Å²) < 4.78 is 102. The molecule has 11 rings (SSSR count). The number of carbonyl (C=O) groups excluding carboxylic acids is 2. The van der Waals surface area contributed by atoms with E-state index in [0.717, 1.165) is 11.1 Å². The number of hydrogen-bond donors (Lipinski definition) is 5. The molecule has 10 unspecified atom stereocenters. The van der Waals surface area contributed by atoms with Crippen molar-refractivity contribution in [1.82, 2.24) is 0 Å². The smallest absolute Gasteiger partial charge is 0.547 e. The Kier molecular flexibility index (Phi) is 33.7. The van der Waals surface area contributed by atoms with Crippen molar-refractivity contribution in [3.8, 4) is 0 Å². The van der Waals surface area contributed by atoms with Gasteiger partial charge in [0.15, 0.2) is 31.5 Å². The molecule has 5 aliphatic rings. The average molecular weight is 1500 g/mol. The van der Waals surface area contributed by atoms with Crippen LogP contribution in [-0.2, 0) is 125 Å². The number of hydrogen-bond acceptors (Lipinski definition) is 27. The number of rotatable bonds is 34. The molecule has 5 saturated heterocycles. The quantitative estimate of drug-likeness (QED) is 0.0121. The third-order valence-electron chi connectivity index (χ3n) is 18.7. The second-order valence-corrected chi connectivity index (χ2v) is 25.6. The Morgan fingerprint density at radius 1 is 0.383 bits per heavy atom. The number of azide groups is 2. The Hall–Kier alpha value is -5.96. The Morgan fingerprint density at radius 2 is 0.701 bits per heavy atom. The zero-order chi connectivity index (χ0) is 73.8. The summed E-state index contributed by atoms with van der Waals surface area (Å²) in [6, 6.07) is 49.6. The first kappa shape index (κ1) is 85.0. The Morgan fingerprint density at radius 3 is 1.11 bits per heavy atom. The molecule has 6 aromatic carbocycles. The van der Waals surface area contributed by atoms with Gasteiger partial charge in [-0.25, -0.2) is 0 Å². The van der Waals surface area contributed by atoms with E-state index < -0.39 is 185 Å². The van der Waals surface area contributed by atoms with Gasteiger partial charge in [-0.05, 0) is 44.4 Å². The van der Waals surface area contributed by atoms with Gasteiger partial charge in [-0.2, -0.15) is 0 Å². The molecule has 5 fully saturated rings. The molecule has 0 amide bonds. The number of aliphatic hydroxyl groups is 5. The van der Waals surface area contributed by atoms with E-state index in [1.807, 2.05) is 66.7 Å². The van der Waals surface area contributed by atoms with Gasteiger partial charge in [0.25, 0.3) is 0 Å². The van der Waals surface area contributed by atoms with Crippen LogP contribution in [0.15, 0.2) is 192 Å². The molecular weight excluding hydrogens is 1420 g/mol. The number of aliphatic hydroxyl groups excluding tert-OH is 5. The standard InChI is InChI=1S/C74H86N6O25.2Na/c1-42-56(91-36-43-21-9-3-10-22-43)59(51(35-83)97-70(42)90-2)101-73-55(85)61(94-39-46-27-15-6-16-28-46)63(65(104-73)68(86)87)102-71-52(77-79-75)54(84)57(49(33-81)98-71)100-74-67(96-41-48-31-19-8-20-32-48)62(95-40-47-29-17-7-18-30-47)64(66(105-74)69(88)89)103-72-53(78-80-76)60(93-38-45-25-13-5-14-26-45)58(50(34-82)99-72)92-37-44-23-11-4-12-24-44;;/h3-32,42,49-67,70-74,81-85H,33-41H2,1-2H3,(H,86,87)(H,88,89);;/q;2*+1/p-2/t42-,49?,50?,51?,52-,53?,54?,55?,56?,57+,58+,59+,60-,61+,62+,63-,64-,65?,66?,67?,70-,71+,72+,73-,74-;;/m1../s1. The Labute approximate surface area is 660 Å². The fraction of sp³-hybridized carbons (Fsp3) is 0.486. The summed E-state index contributed by atoms with van der Waals surface area (Å²) in [6.45, 7) is -1.59. The largest absolute Gasteiger partial charge is 1.00 e. The fourth-order valence-electron chi connectivity index (χ4n) is 13.4. The summed E-state index contributed by atoms with van der Waals surface area (Å²) in [4.78, 5) is 33.7. The number of benzene rings is 6. The normalized spacial score (nSPS) is 32.7. The number of ether oxygens (including phenoxy) is 16. The van der Waals surface area contributed by atoms with Crippen LogP contribution in [0.4, 0.5) is 0 Å². The minimum absolute atomic E-state index is 0. The van der Waals surface area contributed by atoms with Crippen LogP contribution in [0.3, 0.4) is 0 Å². The van der Waals surface area contributed by atoms with Gasteiger partial charge in [-0.15, -0.1) is 0 Å². The summed E-state index contributed by atoms with van der Waals surface area (Å²) in [6.07, 6.45) is -37.4. The molecule has 33 heteroatoms. The maximum atomic E-state index is 14.0. The molecule has 0 spiro atoms. The molecule has 6 aromatic rings. The van der Waals surface area contributed by atoms with Gasteiger partial charge in [0.05, 0.1) is 83.6 Å². The second kappa shape index (κ2) is 42.5. The molecule has 0 bridgehead atoms. The second-order valence-electron chi connectivity index (χ2n) is 25.6. The van der Waals surface area contributed by atoms with Crippen LogP contribution in [-0.4, -0.2) is 212 Å². The van der Waals surface area contributed by atoms with E-state index >= 15 is 0 Å². The predicted octanol–water partition coefficient (Wildman–Crippen LogP) is -2.49. The van der Waals surface area contributed by atoms with Crippen LogP contribution in [0.25, 0.3) is 20.9 Å². The van der Waals surface area contributed by atoms with E-state index in [1.165, 1.54) is 7.11 Å². The van der Waals surface area contributed by atoms with Gasteiger partial charge in [-0.3, -0.25) is 0 Å². The number of nitrogens with zero attached hydrogens (tertiary/aromatic N) is 6. The van der Waals surface area contributed by atoms with E-state index in [9.17, 15) is 56.4 Å². The van der Waals surface area contributed by atoms with E-state index in [-0.39, 0.29) is 98.8 Å². The van der Waals surface area contributed by atoms with Crippen LogP contribution >= 0.6 is 0 Å². The number of methoxy groups -OCH3 is 1. The minimum Gasteiger partial charge on any atom is -0.547 e.